The smallest absolute Gasteiger partial charge is 0.0945 e. The summed E-state index contributed by atoms with van der Waals surface area (Å²) in [4.78, 5) is 6.01. The van der Waals surface area contributed by atoms with E-state index in [2.05, 4.69) is 41.9 Å². The van der Waals surface area contributed by atoms with Gasteiger partial charge in [0.05, 0.1) is 11.1 Å². The van der Waals surface area contributed by atoms with Gasteiger partial charge in [0.1, 0.15) is 0 Å². The Labute approximate surface area is 137 Å². The maximum atomic E-state index is 11.7. The minimum absolute atomic E-state index is 0.0337. The summed E-state index contributed by atoms with van der Waals surface area (Å²) in [6, 6.07) is 8.40. The average Bonchev–Trinajstić information content (AvgIpc) is 3.06. The van der Waals surface area contributed by atoms with Gasteiger partial charge < -0.3 is 15.2 Å². The van der Waals surface area contributed by atoms with Crippen molar-refractivity contribution in [3.8, 4) is 0 Å². The van der Waals surface area contributed by atoms with Crippen LogP contribution in [-0.4, -0.2) is 45.4 Å². The van der Waals surface area contributed by atoms with Gasteiger partial charge in [-0.15, -0.1) is 0 Å². The lowest BCUT2D eigenvalue weighted by atomic mass is 9.68. The fourth-order valence-corrected chi connectivity index (χ4v) is 5.10. The van der Waals surface area contributed by atoms with Crippen molar-refractivity contribution in [3.63, 3.8) is 0 Å². The first kappa shape index (κ1) is 15.2. The van der Waals surface area contributed by atoms with Crippen LogP contribution in [0.1, 0.15) is 37.9 Å². The zero-order valence-electron chi connectivity index (χ0n) is 14.0. The SMILES string of the molecule is CC[C@@H](CO)[C@]1(O)CCN2CCc3c([nH]c4ccccc34)[C@@]21C. The molecule has 0 aliphatic carbocycles. The quantitative estimate of drug-likeness (QED) is 0.815. The minimum atomic E-state index is -0.896. The van der Waals surface area contributed by atoms with Crippen LogP contribution in [0.4, 0.5) is 0 Å². The molecule has 4 nitrogen and oxygen atoms in total. The Balaban J connectivity index is 1.94. The van der Waals surface area contributed by atoms with Crippen molar-refractivity contribution in [1.82, 2.24) is 9.88 Å². The first-order chi connectivity index (χ1) is 11.1. The van der Waals surface area contributed by atoms with Gasteiger partial charge in [-0.3, -0.25) is 4.90 Å². The van der Waals surface area contributed by atoms with E-state index in [1.54, 1.807) is 0 Å². The summed E-state index contributed by atoms with van der Waals surface area (Å²) in [6.45, 7) is 6.10. The van der Waals surface area contributed by atoms with E-state index in [4.69, 9.17) is 0 Å². The molecule has 0 bridgehead atoms. The van der Waals surface area contributed by atoms with Crippen molar-refractivity contribution in [3.05, 3.63) is 35.5 Å². The number of hydrogen-bond acceptors (Lipinski definition) is 3. The summed E-state index contributed by atoms with van der Waals surface area (Å²) >= 11 is 0. The van der Waals surface area contributed by atoms with Gasteiger partial charge in [0.25, 0.3) is 0 Å². The van der Waals surface area contributed by atoms with Gasteiger partial charge >= 0.3 is 0 Å². The topological polar surface area (TPSA) is 59.5 Å². The maximum Gasteiger partial charge on any atom is 0.0945 e. The lowest BCUT2D eigenvalue weighted by Crippen LogP contribution is -2.60. The molecule has 0 saturated carbocycles. The highest BCUT2D eigenvalue weighted by molar-refractivity contribution is 5.85. The van der Waals surface area contributed by atoms with Gasteiger partial charge in [0.15, 0.2) is 0 Å². The van der Waals surface area contributed by atoms with E-state index in [0.717, 1.165) is 43.6 Å². The number of benzene rings is 1. The molecule has 0 amide bonds. The van der Waals surface area contributed by atoms with Gasteiger partial charge in [-0.2, -0.15) is 0 Å². The highest BCUT2D eigenvalue weighted by atomic mass is 16.3. The van der Waals surface area contributed by atoms with E-state index in [9.17, 15) is 10.2 Å². The zero-order valence-corrected chi connectivity index (χ0v) is 14.0. The van der Waals surface area contributed by atoms with Crippen LogP contribution in [0.15, 0.2) is 24.3 Å². The number of aromatic amines is 1. The number of para-hydroxylation sites is 1. The monoisotopic (exact) mass is 314 g/mol. The van der Waals surface area contributed by atoms with Crippen molar-refractivity contribution >= 4 is 10.9 Å². The second kappa shape index (κ2) is 5.07. The van der Waals surface area contributed by atoms with Gasteiger partial charge in [-0.1, -0.05) is 25.1 Å². The van der Waals surface area contributed by atoms with E-state index in [0.29, 0.717) is 0 Å². The summed E-state index contributed by atoms with van der Waals surface area (Å²) in [5.74, 6) is -0.102. The molecule has 3 atom stereocenters. The van der Waals surface area contributed by atoms with Crippen molar-refractivity contribution in [2.24, 2.45) is 5.92 Å². The molecule has 23 heavy (non-hydrogen) atoms. The fraction of sp³-hybridized carbons (Fsp3) is 0.579. The maximum absolute atomic E-state index is 11.7. The largest absolute Gasteiger partial charge is 0.396 e. The summed E-state index contributed by atoms with van der Waals surface area (Å²) in [5, 5.41) is 22.8. The molecule has 2 aromatic rings. The molecule has 1 fully saturated rings. The van der Waals surface area contributed by atoms with Crippen LogP contribution in [0.3, 0.4) is 0 Å². The Kier molecular flexibility index (Phi) is 3.34. The third kappa shape index (κ3) is 1.77. The van der Waals surface area contributed by atoms with Gasteiger partial charge in [-0.25, -0.2) is 0 Å². The summed E-state index contributed by atoms with van der Waals surface area (Å²) in [7, 11) is 0. The second-order valence-electron chi connectivity index (χ2n) is 7.30. The normalized spacial score (nSPS) is 32.0. The Morgan fingerprint density at radius 1 is 1.30 bits per heavy atom. The van der Waals surface area contributed by atoms with Crippen molar-refractivity contribution in [2.75, 3.05) is 19.7 Å². The number of aliphatic hydroxyl groups excluding tert-OH is 1. The highest BCUT2D eigenvalue weighted by Gasteiger charge is 2.61. The molecule has 1 aromatic carbocycles. The Hall–Kier alpha value is -1.36. The van der Waals surface area contributed by atoms with Crippen LogP contribution >= 0.6 is 0 Å². The number of aliphatic hydroxyl groups is 2. The van der Waals surface area contributed by atoms with E-state index in [-0.39, 0.29) is 12.5 Å². The third-order valence-corrected chi connectivity index (χ3v) is 6.56. The van der Waals surface area contributed by atoms with Crippen molar-refractivity contribution in [2.45, 2.75) is 44.2 Å². The molecule has 3 N–H and O–H groups in total. The molecule has 2 aliphatic rings. The Bertz CT molecular complexity index is 736. The molecule has 1 aromatic heterocycles. The third-order valence-electron chi connectivity index (χ3n) is 6.56. The molecule has 4 heteroatoms. The van der Waals surface area contributed by atoms with E-state index < -0.39 is 11.1 Å². The van der Waals surface area contributed by atoms with E-state index >= 15 is 0 Å². The second-order valence-corrected chi connectivity index (χ2v) is 7.30. The molecule has 2 aliphatic heterocycles. The summed E-state index contributed by atoms with van der Waals surface area (Å²) in [6.07, 6.45) is 2.52. The number of nitrogens with one attached hydrogen (secondary N) is 1. The molecule has 0 spiro atoms. The van der Waals surface area contributed by atoms with E-state index in [1.165, 1.54) is 10.9 Å². The molecule has 4 rings (SSSR count). The van der Waals surface area contributed by atoms with Gasteiger partial charge in [-0.05, 0) is 37.8 Å². The minimum Gasteiger partial charge on any atom is -0.396 e. The zero-order chi connectivity index (χ0) is 16.2. The van der Waals surface area contributed by atoms with E-state index in [1.807, 2.05) is 6.07 Å². The number of rotatable bonds is 3. The molecular weight excluding hydrogens is 288 g/mol. The van der Waals surface area contributed by atoms with Crippen LogP contribution in [-0.2, 0) is 12.0 Å². The summed E-state index contributed by atoms with van der Waals surface area (Å²) in [5.41, 5.74) is 2.28. The molecular formula is C19H26N2O2. The van der Waals surface area contributed by atoms with Crippen LogP contribution in [0.5, 0.6) is 0 Å². The number of hydrogen-bond donors (Lipinski definition) is 3. The van der Waals surface area contributed by atoms with Crippen LogP contribution in [0.25, 0.3) is 10.9 Å². The number of fused-ring (bicyclic) bond motifs is 5. The number of nitrogens with zero attached hydrogens (tertiary/aromatic N) is 1. The summed E-state index contributed by atoms with van der Waals surface area (Å²) < 4.78 is 0. The van der Waals surface area contributed by atoms with Gasteiger partial charge in [0, 0.05) is 42.2 Å². The molecule has 1 saturated heterocycles. The Morgan fingerprint density at radius 2 is 2.09 bits per heavy atom. The standard InChI is InChI=1S/C19H26N2O2/c1-3-13(12-22)19(23)9-11-21-10-8-15-14-6-4-5-7-16(14)20-17(15)18(19,21)2/h4-7,13,20,22-23H,3,8-12H2,1-2H3/t13-,18+,19+/m0/s1. The Morgan fingerprint density at radius 3 is 2.83 bits per heavy atom. The molecule has 124 valence electrons. The lowest BCUT2D eigenvalue weighted by Gasteiger charge is -2.50. The molecule has 0 radical (unpaired) electrons. The predicted molar refractivity (Wildman–Crippen MR) is 91.4 cm³/mol. The fourth-order valence-electron chi connectivity index (χ4n) is 5.10. The van der Waals surface area contributed by atoms with Gasteiger partial charge in [0.2, 0.25) is 0 Å². The highest BCUT2D eigenvalue weighted by Crippen LogP contribution is 2.53. The first-order valence-corrected chi connectivity index (χ1v) is 8.74. The molecule has 0 unspecified atom stereocenters. The number of H-pyrrole nitrogens is 1. The van der Waals surface area contributed by atoms with Crippen molar-refractivity contribution < 1.29 is 10.2 Å². The number of aromatic nitrogens is 1. The predicted octanol–water partition coefficient (Wildman–Crippen LogP) is 2.39. The van der Waals surface area contributed by atoms with Crippen LogP contribution in [0, 0.1) is 5.92 Å². The van der Waals surface area contributed by atoms with Crippen LogP contribution < -0.4 is 0 Å². The first-order valence-electron chi connectivity index (χ1n) is 8.74. The lowest BCUT2D eigenvalue weighted by molar-refractivity contribution is -0.117. The molecule has 3 heterocycles. The average molecular weight is 314 g/mol. The van der Waals surface area contributed by atoms with Crippen LogP contribution in [0.2, 0.25) is 0 Å². The van der Waals surface area contributed by atoms with Crippen molar-refractivity contribution in [1.29, 1.82) is 0 Å².